The van der Waals surface area contributed by atoms with E-state index < -0.39 is 0 Å². The van der Waals surface area contributed by atoms with Crippen molar-refractivity contribution in [1.82, 2.24) is 10.6 Å². The number of nitrogens with one attached hydrogen (secondary N) is 2. The molecule has 0 radical (unpaired) electrons. The fraction of sp³-hybridized carbons (Fsp3) is 1.00. The van der Waals surface area contributed by atoms with Gasteiger partial charge in [-0.1, -0.05) is 20.8 Å². The first kappa shape index (κ1) is 14.3. The van der Waals surface area contributed by atoms with Crippen LogP contribution >= 0.6 is 0 Å². The van der Waals surface area contributed by atoms with Crippen molar-refractivity contribution in [3.05, 3.63) is 0 Å². The van der Waals surface area contributed by atoms with Gasteiger partial charge in [0.15, 0.2) is 0 Å². The van der Waals surface area contributed by atoms with Crippen molar-refractivity contribution in [2.75, 3.05) is 26.2 Å². The van der Waals surface area contributed by atoms with Crippen LogP contribution in [0, 0.1) is 23.2 Å². The Morgan fingerprint density at radius 1 is 1.06 bits per heavy atom. The van der Waals surface area contributed by atoms with E-state index >= 15 is 0 Å². The smallest absolute Gasteiger partial charge is 0.00149 e. The molecule has 0 bridgehead atoms. The van der Waals surface area contributed by atoms with Crippen LogP contribution in [0.5, 0.6) is 0 Å². The van der Waals surface area contributed by atoms with E-state index in [9.17, 15) is 0 Å². The minimum absolute atomic E-state index is 0.532. The maximum atomic E-state index is 3.52. The predicted octanol–water partition coefficient (Wildman–Crippen LogP) is 3.04. The lowest BCUT2D eigenvalue weighted by Crippen LogP contribution is -2.32. The lowest BCUT2D eigenvalue weighted by molar-refractivity contribution is 0.171. The molecular weight excluding hydrogens is 220 g/mol. The van der Waals surface area contributed by atoms with Gasteiger partial charge in [0.1, 0.15) is 0 Å². The van der Waals surface area contributed by atoms with E-state index in [4.69, 9.17) is 0 Å². The molecule has 2 fully saturated rings. The molecule has 2 nitrogen and oxygen atoms in total. The molecule has 0 saturated carbocycles. The fourth-order valence-corrected chi connectivity index (χ4v) is 3.77. The molecule has 0 aromatic carbocycles. The van der Waals surface area contributed by atoms with Crippen molar-refractivity contribution in [3.8, 4) is 0 Å². The molecule has 2 aliphatic rings. The summed E-state index contributed by atoms with van der Waals surface area (Å²) in [6.07, 6.45) is 7.01. The largest absolute Gasteiger partial charge is 0.317 e. The zero-order valence-corrected chi connectivity index (χ0v) is 12.6. The average Bonchev–Trinajstić information content (AvgIpc) is 2.92. The van der Waals surface area contributed by atoms with Crippen LogP contribution in [0.3, 0.4) is 0 Å². The summed E-state index contributed by atoms with van der Waals surface area (Å²) in [5, 5.41) is 7.00. The van der Waals surface area contributed by atoms with Gasteiger partial charge >= 0.3 is 0 Å². The Morgan fingerprint density at radius 2 is 1.72 bits per heavy atom. The number of rotatable bonds is 5. The van der Waals surface area contributed by atoms with Gasteiger partial charge in [0.25, 0.3) is 0 Å². The fourth-order valence-electron chi connectivity index (χ4n) is 3.77. The lowest BCUT2D eigenvalue weighted by atomic mass is 9.72. The lowest BCUT2D eigenvalue weighted by Gasteiger charge is -2.34. The number of piperidine rings is 1. The highest BCUT2D eigenvalue weighted by molar-refractivity contribution is 4.85. The maximum absolute atomic E-state index is 3.52. The summed E-state index contributed by atoms with van der Waals surface area (Å²) in [6.45, 7) is 12.4. The van der Waals surface area contributed by atoms with Gasteiger partial charge < -0.3 is 10.6 Å². The Morgan fingerprint density at radius 3 is 2.33 bits per heavy atom. The Hall–Kier alpha value is -0.0800. The molecule has 2 unspecified atom stereocenters. The zero-order chi connectivity index (χ0) is 13.0. The summed E-state index contributed by atoms with van der Waals surface area (Å²) >= 11 is 0. The van der Waals surface area contributed by atoms with E-state index in [-0.39, 0.29) is 0 Å². The molecule has 2 N–H and O–H groups in total. The third-order valence-electron chi connectivity index (χ3n) is 5.60. The molecule has 2 rings (SSSR count). The quantitative estimate of drug-likeness (QED) is 0.786. The van der Waals surface area contributed by atoms with Crippen LogP contribution in [0.2, 0.25) is 0 Å². The first-order valence-corrected chi connectivity index (χ1v) is 8.01. The summed E-state index contributed by atoms with van der Waals surface area (Å²) in [5.41, 5.74) is 0.532. The molecule has 2 heterocycles. The van der Waals surface area contributed by atoms with Crippen LogP contribution in [-0.2, 0) is 0 Å². The third-order valence-corrected chi connectivity index (χ3v) is 5.60. The van der Waals surface area contributed by atoms with Crippen molar-refractivity contribution < 1.29 is 0 Å². The minimum atomic E-state index is 0.532. The SMILES string of the molecule is CC(CCC(C)(C)C1CCNC1)C1CCNCC1. The standard InChI is InChI=1S/C16H32N2/c1-13(14-5-9-17-10-6-14)4-8-16(2,3)15-7-11-18-12-15/h13-15,17-18H,4-12H2,1-3H3. The van der Waals surface area contributed by atoms with Crippen molar-refractivity contribution in [2.45, 2.75) is 52.9 Å². The van der Waals surface area contributed by atoms with E-state index in [0.29, 0.717) is 5.41 Å². The normalized spacial score (nSPS) is 28.5. The van der Waals surface area contributed by atoms with Crippen LogP contribution in [-0.4, -0.2) is 26.2 Å². The van der Waals surface area contributed by atoms with E-state index in [2.05, 4.69) is 31.4 Å². The van der Waals surface area contributed by atoms with Crippen molar-refractivity contribution in [1.29, 1.82) is 0 Å². The van der Waals surface area contributed by atoms with Gasteiger partial charge in [-0.3, -0.25) is 0 Å². The summed E-state index contributed by atoms with van der Waals surface area (Å²) in [7, 11) is 0. The van der Waals surface area contributed by atoms with Crippen LogP contribution in [0.4, 0.5) is 0 Å². The van der Waals surface area contributed by atoms with Gasteiger partial charge in [0.2, 0.25) is 0 Å². The Balaban J connectivity index is 1.75. The second-order valence-corrected chi connectivity index (χ2v) is 7.28. The molecule has 2 saturated heterocycles. The topological polar surface area (TPSA) is 24.1 Å². The van der Waals surface area contributed by atoms with E-state index in [1.54, 1.807) is 0 Å². The van der Waals surface area contributed by atoms with Crippen molar-refractivity contribution in [2.24, 2.45) is 23.2 Å². The maximum Gasteiger partial charge on any atom is -0.00149 e. The second kappa shape index (κ2) is 6.38. The molecule has 2 aliphatic heterocycles. The van der Waals surface area contributed by atoms with E-state index in [1.807, 2.05) is 0 Å². The third kappa shape index (κ3) is 3.71. The average molecular weight is 252 g/mol. The van der Waals surface area contributed by atoms with Gasteiger partial charge in [-0.15, -0.1) is 0 Å². The first-order chi connectivity index (χ1) is 8.59. The highest BCUT2D eigenvalue weighted by atomic mass is 14.9. The van der Waals surface area contributed by atoms with Gasteiger partial charge in [0.05, 0.1) is 0 Å². The second-order valence-electron chi connectivity index (χ2n) is 7.28. The summed E-state index contributed by atoms with van der Waals surface area (Å²) in [6, 6.07) is 0. The Kier molecular flexibility index (Phi) is 5.08. The molecule has 0 amide bonds. The predicted molar refractivity (Wildman–Crippen MR) is 78.7 cm³/mol. The molecule has 0 aliphatic carbocycles. The summed E-state index contributed by atoms with van der Waals surface area (Å²) in [5.74, 6) is 2.79. The van der Waals surface area contributed by atoms with Crippen LogP contribution in [0.1, 0.15) is 52.9 Å². The molecular formula is C16H32N2. The molecule has 2 heteroatoms. The van der Waals surface area contributed by atoms with Gasteiger partial charge in [-0.25, -0.2) is 0 Å². The summed E-state index contributed by atoms with van der Waals surface area (Å²) < 4.78 is 0. The highest BCUT2D eigenvalue weighted by Crippen LogP contribution is 2.38. The summed E-state index contributed by atoms with van der Waals surface area (Å²) in [4.78, 5) is 0. The van der Waals surface area contributed by atoms with Gasteiger partial charge in [-0.2, -0.15) is 0 Å². The Bertz CT molecular complexity index is 237. The molecule has 2 atom stereocenters. The molecule has 106 valence electrons. The Labute approximate surface area is 113 Å². The molecule has 0 aromatic heterocycles. The first-order valence-electron chi connectivity index (χ1n) is 8.01. The molecule has 0 spiro atoms. The minimum Gasteiger partial charge on any atom is -0.317 e. The zero-order valence-electron chi connectivity index (χ0n) is 12.6. The highest BCUT2D eigenvalue weighted by Gasteiger charge is 2.32. The van der Waals surface area contributed by atoms with Gasteiger partial charge in [-0.05, 0) is 81.5 Å². The van der Waals surface area contributed by atoms with Crippen molar-refractivity contribution >= 4 is 0 Å². The van der Waals surface area contributed by atoms with Crippen LogP contribution in [0.25, 0.3) is 0 Å². The molecule has 0 aromatic rings. The van der Waals surface area contributed by atoms with Gasteiger partial charge in [0, 0.05) is 0 Å². The van der Waals surface area contributed by atoms with Crippen molar-refractivity contribution in [3.63, 3.8) is 0 Å². The number of hydrogen-bond donors (Lipinski definition) is 2. The monoisotopic (exact) mass is 252 g/mol. The number of hydrogen-bond acceptors (Lipinski definition) is 2. The van der Waals surface area contributed by atoms with Crippen LogP contribution < -0.4 is 10.6 Å². The van der Waals surface area contributed by atoms with E-state index in [0.717, 1.165) is 17.8 Å². The van der Waals surface area contributed by atoms with Crippen LogP contribution in [0.15, 0.2) is 0 Å². The molecule has 18 heavy (non-hydrogen) atoms. The van der Waals surface area contributed by atoms with E-state index in [1.165, 1.54) is 58.3 Å².